The molecule has 1 aromatic rings. The van der Waals surface area contributed by atoms with E-state index in [1.165, 1.54) is 6.92 Å². The molecule has 1 rings (SSSR count). The molecule has 0 saturated heterocycles. The van der Waals surface area contributed by atoms with Crippen LogP contribution in [-0.2, 0) is 4.79 Å². The van der Waals surface area contributed by atoms with E-state index in [0.29, 0.717) is 16.3 Å². The molecule has 0 heterocycles. The van der Waals surface area contributed by atoms with Gasteiger partial charge in [0.15, 0.2) is 11.9 Å². The van der Waals surface area contributed by atoms with Gasteiger partial charge in [0.2, 0.25) is 0 Å². The van der Waals surface area contributed by atoms with Gasteiger partial charge in [-0.1, -0.05) is 24.9 Å². The molecule has 0 bridgehead atoms. The molecule has 0 spiro atoms. The van der Waals surface area contributed by atoms with Crippen LogP contribution >= 0.6 is 11.6 Å². The summed E-state index contributed by atoms with van der Waals surface area (Å²) in [5, 5.41) is 3.35. The van der Waals surface area contributed by atoms with Gasteiger partial charge in [0.1, 0.15) is 5.75 Å². The maximum absolute atomic E-state index is 12.0. The van der Waals surface area contributed by atoms with E-state index in [1.807, 2.05) is 6.92 Å². The lowest BCUT2D eigenvalue weighted by molar-refractivity contribution is -0.127. The van der Waals surface area contributed by atoms with Crippen molar-refractivity contribution < 1.29 is 14.3 Å². The third kappa shape index (κ3) is 5.38. The van der Waals surface area contributed by atoms with Crippen molar-refractivity contribution in [2.24, 2.45) is 0 Å². The zero-order valence-electron chi connectivity index (χ0n) is 12.9. The maximum Gasteiger partial charge on any atom is 0.260 e. The summed E-state index contributed by atoms with van der Waals surface area (Å²) in [4.78, 5) is 23.6. The number of ketones is 1. The van der Waals surface area contributed by atoms with E-state index in [9.17, 15) is 9.59 Å². The lowest BCUT2D eigenvalue weighted by Crippen LogP contribution is -2.41. The maximum atomic E-state index is 12.0. The standard InChI is InChI=1S/C16H22ClNO3/c1-5-6-10(2)18-16(20)12(4)21-15-8-7-13(17)9-14(15)11(3)19/h7-10,12H,5-6H2,1-4H3,(H,18,20). The molecule has 0 aliphatic rings. The Morgan fingerprint density at radius 1 is 1.33 bits per heavy atom. The number of rotatable bonds is 7. The third-order valence-corrected chi connectivity index (χ3v) is 3.34. The van der Waals surface area contributed by atoms with E-state index in [0.717, 1.165) is 12.8 Å². The van der Waals surface area contributed by atoms with E-state index in [4.69, 9.17) is 16.3 Å². The molecule has 4 nitrogen and oxygen atoms in total. The molecule has 0 fully saturated rings. The Balaban J connectivity index is 2.76. The van der Waals surface area contributed by atoms with Crippen LogP contribution in [0.1, 0.15) is 50.9 Å². The lowest BCUT2D eigenvalue weighted by atomic mass is 10.1. The summed E-state index contributed by atoms with van der Waals surface area (Å²) >= 11 is 5.88. The summed E-state index contributed by atoms with van der Waals surface area (Å²) in [6.07, 6.45) is 1.24. The second-order valence-corrected chi connectivity index (χ2v) is 5.59. The van der Waals surface area contributed by atoms with Crippen molar-refractivity contribution in [3.05, 3.63) is 28.8 Å². The topological polar surface area (TPSA) is 55.4 Å². The van der Waals surface area contributed by atoms with Gasteiger partial charge in [-0.3, -0.25) is 9.59 Å². The number of carbonyl (C=O) groups is 2. The molecule has 1 amide bonds. The minimum atomic E-state index is -0.677. The first kappa shape index (κ1) is 17.5. The molecule has 0 aromatic heterocycles. The summed E-state index contributed by atoms with van der Waals surface area (Å²) in [5.41, 5.74) is 0.378. The Labute approximate surface area is 130 Å². The monoisotopic (exact) mass is 311 g/mol. The number of carbonyl (C=O) groups excluding carboxylic acids is 2. The zero-order chi connectivity index (χ0) is 16.0. The SMILES string of the molecule is CCCC(C)NC(=O)C(C)Oc1ccc(Cl)cc1C(C)=O. The molecular weight excluding hydrogens is 290 g/mol. The van der Waals surface area contributed by atoms with Crippen LogP contribution in [0, 0.1) is 0 Å². The number of nitrogens with one attached hydrogen (secondary N) is 1. The first-order valence-corrected chi connectivity index (χ1v) is 7.50. The number of benzene rings is 1. The summed E-state index contributed by atoms with van der Waals surface area (Å²) in [6, 6.07) is 4.89. The fourth-order valence-corrected chi connectivity index (χ4v) is 2.16. The van der Waals surface area contributed by atoms with Crippen LogP contribution in [0.5, 0.6) is 5.75 Å². The van der Waals surface area contributed by atoms with Crippen molar-refractivity contribution in [1.29, 1.82) is 0 Å². The molecule has 5 heteroatoms. The lowest BCUT2D eigenvalue weighted by Gasteiger charge is -2.19. The van der Waals surface area contributed by atoms with E-state index < -0.39 is 6.10 Å². The van der Waals surface area contributed by atoms with Crippen LogP contribution in [0.4, 0.5) is 0 Å². The second kappa shape index (κ2) is 8.03. The highest BCUT2D eigenvalue weighted by Gasteiger charge is 2.19. The van der Waals surface area contributed by atoms with Gasteiger partial charge in [0, 0.05) is 11.1 Å². The van der Waals surface area contributed by atoms with Gasteiger partial charge >= 0.3 is 0 Å². The second-order valence-electron chi connectivity index (χ2n) is 5.16. The smallest absolute Gasteiger partial charge is 0.260 e. The van der Waals surface area contributed by atoms with E-state index in [-0.39, 0.29) is 17.7 Å². The largest absolute Gasteiger partial charge is 0.480 e. The number of Topliss-reactive ketones (excluding diaryl/α,β-unsaturated/α-hetero) is 1. The molecule has 1 N–H and O–H groups in total. The van der Waals surface area contributed by atoms with Gasteiger partial charge in [-0.15, -0.1) is 0 Å². The number of ether oxygens (including phenoxy) is 1. The van der Waals surface area contributed by atoms with Gasteiger partial charge in [-0.05, 0) is 45.4 Å². The molecule has 0 aliphatic carbocycles. The summed E-state index contributed by atoms with van der Waals surface area (Å²) < 4.78 is 5.61. The first-order valence-electron chi connectivity index (χ1n) is 7.12. The predicted octanol–water partition coefficient (Wildman–Crippen LogP) is 3.61. The molecule has 0 aliphatic heterocycles. The minimum Gasteiger partial charge on any atom is -0.480 e. The highest BCUT2D eigenvalue weighted by atomic mass is 35.5. The van der Waals surface area contributed by atoms with Crippen molar-refractivity contribution in [3.63, 3.8) is 0 Å². The Bertz CT molecular complexity index is 516. The van der Waals surface area contributed by atoms with Gasteiger partial charge < -0.3 is 10.1 Å². The Morgan fingerprint density at radius 3 is 2.57 bits per heavy atom. The van der Waals surface area contributed by atoms with Crippen LogP contribution in [0.25, 0.3) is 0 Å². The molecule has 1 aromatic carbocycles. The zero-order valence-corrected chi connectivity index (χ0v) is 13.7. The van der Waals surface area contributed by atoms with Crippen LogP contribution < -0.4 is 10.1 Å². The van der Waals surface area contributed by atoms with Crippen LogP contribution in [-0.4, -0.2) is 23.8 Å². The van der Waals surface area contributed by atoms with E-state index >= 15 is 0 Å². The Morgan fingerprint density at radius 2 is 2.00 bits per heavy atom. The van der Waals surface area contributed by atoms with Crippen molar-refractivity contribution in [3.8, 4) is 5.75 Å². The number of halogens is 1. The molecule has 116 valence electrons. The summed E-state index contributed by atoms with van der Waals surface area (Å²) in [5.74, 6) is 0.0255. The highest BCUT2D eigenvalue weighted by molar-refractivity contribution is 6.31. The van der Waals surface area contributed by atoms with Crippen LogP contribution in [0.15, 0.2) is 18.2 Å². The fourth-order valence-electron chi connectivity index (χ4n) is 1.99. The average molecular weight is 312 g/mol. The summed E-state index contributed by atoms with van der Waals surface area (Å²) in [6.45, 7) is 7.12. The molecule has 2 atom stereocenters. The number of hydrogen-bond acceptors (Lipinski definition) is 3. The predicted molar refractivity (Wildman–Crippen MR) is 84.1 cm³/mol. The summed E-state index contributed by atoms with van der Waals surface area (Å²) in [7, 11) is 0. The highest BCUT2D eigenvalue weighted by Crippen LogP contribution is 2.24. The van der Waals surface area contributed by atoms with Crippen molar-refractivity contribution in [2.75, 3.05) is 0 Å². The van der Waals surface area contributed by atoms with E-state index in [1.54, 1.807) is 25.1 Å². The number of amides is 1. The number of hydrogen-bond donors (Lipinski definition) is 1. The normalized spacial score (nSPS) is 13.4. The molecular formula is C16H22ClNO3. The molecule has 0 radical (unpaired) electrons. The van der Waals surface area contributed by atoms with Crippen LogP contribution in [0.2, 0.25) is 5.02 Å². The van der Waals surface area contributed by atoms with Crippen molar-refractivity contribution in [1.82, 2.24) is 5.32 Å². The first-order chi connectivity index (χ1) is 9.85. The molecule has 21 heavy (non-hydrogen) atoms. The van der Waals surface area contributed by atoms with Gasteiger partial charge in [-0.25, -0.2) is 0 Å². The average Bonchev–Trinajstić information content (AvgIpc) is 2.40. The van der Waals surface area contributed by atoms with Crippen molar-refractivity contribution >= 4 is 23.3 Å². The third-order valence-electron chi connectivity index (χ3n) is 3.10. The van der Waals surface area contributed by atoms with Gasteiger partial charge in [-0.2, -0.15) is 0 Å². The molecule has 2 unspecified atom stereocenters. The molecule has 0 saturated carbocycles. The fraction of sp³-hybridized carbons (Fsp3) is 0.500. The Kier molecular flexibility index (Phi) is 6.69. The van der Waals surface area contributed by atoms with Gasteiger partial charge in [0.05, 0.1) is 5.56 Å². The minimum absolute atomic E-state index is 0.103. The van der Waals surface area contributed by atoms with Crippen LogP contribution in [0.3, 0.4) is 0 Å². The van der Waals surface area contributed by atoms with Gasteiger partial charge in [0.25, 0.3) is 5.91 Å². The van der Waals surface area contributed by atoms with Crippen molar-refractivity contribution in [2.45, 2.75) is 52.7 Å². The van der Waals surface area contributed by atoms with E-state index in [2.05, 4.69) is 12.2 Å². The quantitative estimate of drug-likeness (QED) is 0.783. The Hall–Kier alpha value is -1.55.